The number of nitrogens with one attached hydrogen (secondary N) is 2. The van der Waals surface area contributed by atoms with Gasteiger partial charge in [0.05, 0.1) is 0 Å². The maximum absolute atomic E-state index is 13.0. The topological polar surface area (TPSA) is 48.1 Å². The normalized spacial score (nSPS) is 23.6. The fourth-order valence-corrected chi connectivity index (χ4v) is 5.69. The second-order valence-electron chi connectivity index (χ2n) is 9.35. The van der Waals surface area contributed by atoms with E-state index in [9.17, 15) is 4.79 Å². The van der Waals surface area contributed by atoms with Gasteiger partial charge in [-0.05, 0) is 60.4 Å². The zero-order chi connectivity index (χ0) is 20.7. The Bertz CT molecular complexity index is 1040. The predicted molar refractivity (Wildman–Crippen MR) is 123 cm³/mol. The van der Waals surface area contributed by atoms with Gasteiger partial charge in [-0.25, -0.2) is 0 Å². The van der Waals surface area contributed by atoms with E-state index in [0.29, 0.717) is 12.5 Å². The first kappa shape index (κ1) is 19.2. The summed E-state index contributed by atoms with van der Waals surface area (Å²) in [4.78, 5) is 18.5. The predicted octanol–water partition coefficient (Wildman–Crippen LogP) is 4.92. The van der Waals surface area contributed by atoms with Gasteiger partial charge in [0.2, 0.25) is 5.91 Å². The van der Waals surface area contributed by atoms with Gasteiger partial charge >= 0.3 is 0 Å². The Labute approximate surface area is 178 Å². The zero-order valence-electron chi connectivity index (χ0n) is 17.9. The number of anilines is 1. The van der Waals surface area contributed by atoms with Gasteiger partial charge in [0, 0.05) is 55.3 Å². The minimum absolute atomic E-state index is 0.125. The summed E-state index contributed by atoms with van der Waals surface area (Å²) in [7, 11) is 4.11. The van der Waals surface area contributed by atoms with Crippen LogP contribution >= 0.6 is 0 Å². The Morgan fingerprint density at radius 2 is 1.90 bits per heavy atom. The third kappa shape index (κ3) is 3.49. The van der Waals surface area contributed by atoms with Gasteiger partial charge in [0.25, 0.3) is 0 Å². The van der Waals surface area contributed by atoms with E-state index < -0.39 is 0 Å². The number of carbonyl (C=O) groups excluding carboxylic acids is 1. The number of H-pyrrole nitrogens is 1. The van der Waals surface area contributed by atoms with E-state index in [1.165, 1.54) is 41.5 Å². The van der Waals surface area contributed by atoms with Crippen molar-refractivity contribution in [1.82, 2.24) is 10.3 Å². The lowest BCUT2D eigenvalue weighted by Crippen LogP contribution is -2.36. The highest BCUT2D eigenvalue weighted by molar-refractivity contribution is 5.84. The Morgan fingerprint density at radius 1 is 1.10 bits per heavy atom. The molecule has 2 bridgehead atoms. The molecule has 4 heteroatoms. The number of hydrogen-bond acceptors (Lipinski definition) is 2. The van der Waals surface area contributed by atoms with Crippen molar-refractivity contribution in [3.63, 3.8) is 0 Å². The highest BCUT2D eigenvalue weighted by Gasteiger charge is 2.43. The molecule has 30 heavy (non-hydrogen) atoms. The fourth-order valence-electron chi connectivity index (χ4n) is 5.69. The van der Waals surface area contributed by atoms with Crippen molar-refractivity contribution in [2.75, 3.05) is 25.5 Å². The van der Waals surface area contributed by atoms with Crippen molar-refractivity contribution < 1.29 is 4.79 Å². The van der Waals surface area contributed by atoms with Gasteiger partial charge in [-0.15, -0.1) is 0 Å². The molecule has 0 saturated heterocycles. The molecule has 4 nitrogen and oxygen atoms in total. The Hall–Kier alpha value is -2.75. The molecular weight excluding hydrogens is 370 g/mol. The number of rotatable bonds is 6. The first-order valence-corrected chi connectivity index (χ1v) is 11.2. The standard InChI is InChI=1S/C26H31N3O/c1-29(2)20-11-9-18(10-12-20)23(24-16-27-25-6-4-3-5-21(24)25)15-28-26(30)22-14-17-7-8-19(22)13-17/h3-6,9-12,16-17,19,22-23,27H,7-8,13-15H2,1-2H3,(H,28,30). The molecule has 2 aliphatic carbocycles. The largest absolute Gasteiger partial charge is 0.378 e. The summed E-state index contributed by atoms with van der Waals surface area (Å²) in [5.41, 5.74) is 4.80. The van der Waals surface area contributed by atoms with E-state index in [1.54, 1.807) is 0 Å². The van der Waals surface area contributed by atoms with E-state index >= 15 is 0 Å². The molecule has 1 amide bonds. The monoisotopic (exact) mass is 401 g/mol. The minimum atomic E-state index is 0.125. The van der Waals surface area contributed by atoms with Crippen LogP contribution in [0.4, 0.5) is 5.69 Å². The molecule has 2 aliphatic rings. The van der Waals surface area contributed by atoms with Crippen LogP contribution in [-0.4, -0.2) is 31.5 Å². The lowest BCUT2D eigenvalue weighted by molar-refractivity contribution is -0.126. The molecule has 1 aromatic heterocycles. The smallest absolute Gasteiger partial charge is 0.223 e. The Kier molecular flexibility index (Phi) is 5.01. The third-order valence-electron chi connectivity index (χ3n) is 7.36. The van der Waals surface area contributed by atoms with Crippen molar-refractivity contribution >= 4 is 22.5 Å². The van der Waals surface area contributed by atoms with Crippen LogP contribution in [0.25, 0.3) is 10.9 Å². The molecule has 2 aromatic carbocycles. The van der Waals surface area contributed by atoms with Crippen molar-refractivity contribution in [2.45, 2.75) is 31.6 Å². The summed E-state index contributed by atoms with van der Waals surface area (Å²) < 4.78 is 0. The lowest BCUT2D eigenvalue weighted by Gasteiger charge is -2.24. The van der Waals surface area contributed by atoms with E-state index in [0.717, 1.165) is 17.9 Å². The van der Waals surface area contributed by atoms with Gasteiger partial charge in [0.1, 0.15) is 0 Å². The van der Waals surface area contributed by atoms with Crippen LogP contribution in [0.5, 0.6) is 0 Å². The summed E-state index contributed by atoms with van der Waals surface area (Å²) in [6, 6.07) is 17.1. The highest BCUT2D eigenvalue weighted by atomic mass is 16.1. The number of amides is 1. The third-order valence-corrected chi connectivity index (χ3v) is 7.36. The van der Waals surface area contributed by atoms with Crippen molar-refractivity contribution in [3.8, 4) is 0 Å². The van der Waals surface area contributed by atoms with E-state index in [4.69, 9.17) is 0 Å². The van der Waals surface area contributed by atoms with Crippen LogP contribution < -0.4 is 10.2 Å². The summed E-state index contributed by atoms with van der Waals surface area (Å²) in [5, 5.41) is 4.57. The lowest BCUT2D eigenvalue weighted by atomic mass is 9.87. The molecule has 0 spiro atoms. The Balaban J connectivity index is 1.41. The van der Waals surface area contributed by atoms with Gasteiger partial charge in [-0.3, -0.25) is 4.79 Å². The van der Waals surface area contributed by atoms with Crippen molar-refractivity contribution in [2.24, 2.45) is 17.8 Å². The molecule has 156 valence electrons. The summed E-state index contributed by atoms with van der Waals surface area (Å²) in [6.45, 7) is 0.635. The molecule has 2 fully saturated rings. The Morgan fingerprint density at radius 3 is 2.60 bits per heavy atom. The van der Waals surface area contributed by atoms with Crippen LogP contribution in [0.15, 0.2) is 54.7 Å². The van der Waals surface area contributed by atoms with Crippen LogP contribution in [0.2, 0.25) is 0 Å². The number of benzene rings is 2. The number of para-hydroxylation sites is 1. The van der Waals surface area contributed by atoms with Gasteiger partial charge < -0.3 is 15.2 Å². The summed E-state index contributed by atoms with van der Waals surface area (Å²) in [5.74, 6) is 2.01. The maximum atomic E-state index is 13.0. The number of nitrogens with zero attached hydrogens (tertiary/aromatic N) is 1. The van der Waals surface area contributed by atoms with E-state index in [2.05, 4.69) is 84.0 Å². The van der Waals surface area contributed by atoms with Crippen LogP contribution in [0.3, 0.4) is 0 Å². The van der Waals surface area contributed by atoms with Gasteiger partial charge in [-0.1, -0.05) is 36.8 Å². The SMILES string of the molecule is CN(C)c1ccc(C(CNC(=O)C2CC3CCC2C3)c2c[nH]c3ccccc23)cc1. The van der Waals surface area contributed by atoms with E-state index in [1.807, 2.05) is 0 Å². The average molecular weight is 402 g/mol. The first-order valence-electron chi connectivity index (χ1n) is 11.2. The molecule has 2 saturated carbocycles. The van der Waals surface area contributed by atoms with Gasteiger partial charge in [-0.2, -0.15) is 0 Å². The second kappa shape index (κ2) is 7.82. The molecule has 2 N–H and O–H groups in total. The fraction of sp³-hybridized carbons (Fsp3) is 0.423. The number of fused-ring (bicyclic) bond motifs is 3. The molecule has 0 radical (unpaired) electrons. The van der Waals surface area contributed by atoms with Crippen molar-refractivity contribution in [1.29, 1.82) is 0 Å². The van der Waals surface area contributed by atoms with Crippen LogP contribution in [0.1, 0.15) is 42.7 Å². The molecule has 3 aromatic rings. The van der Waals surface area contributed by atoms with E-state index in [-0.39, 0.29) is 17.7 Å². The number of hydrogen-bond donors (Lipinski definition) is 2. The summed E-state index contributed by atoms with van der Waals surface area (Å²) >= 11 is 0. The number of aromatic amines is 1. The number of aromatic nitrogens is 1. The van der Waals surface area contributed by atoms with Crippen LogP contribution in [-0.2, 0) is 4.79 Å². The second-order valence-corrected chi connectivity index (χ2v) is 9.35. The van der Waals surface area contributed by atoms with Crippen LogP contribution in [0, 0.1) is 17.8 Å². The quantitative estimate of drug-likeness (QED) is 0.616. The first-order chi connectivity index (χ1) is 14.6. The highest BCUT2D eigenvalue weighted by Crippen LogP contribution is 2.48. The minimum Gasteiger partial charge on any atom is -0.378 e. The number of carbonyl (C=O) groups is 1. The summed E-state index contributed by atoms with van der Waals surface area (Å²) in [6.07, 6.45) is 7.02. The average Bonchev–Trinajstić information content (AvgIpc) is 3.50. The maximum Gasteiger partial charge on any atom is 0.223 e. The molecular formula is C26H31N3O. The molecule has 4 unspecified atom stereocenters. The molecule has 4 atom stereocenters. The van der Waals surface area contributed by atoms with Crippen molar-refractivity contribution in [3.05, 3.63) is 65.9 Å². The van der Waals surface area contributed by atoms with Gasteiger partial charge in [0.15, 0.2) is 0 Å². The molecule has 0 aliphatic heterocycles. The molecule has 1 heterocycles. The molecule has 5 rings (SSSR count). The zero-order valence-corrected chi connectivity index (χ0v) is 17.9.